The second-order valence-electron chi connectivity index (χ2n) is 5.60. The van der Waals surface area contributed by atoms with Crippen LogP contribution < -0.4 is 10.5 Å². The Balaban J connectivity index is 1.90. The van der Waals surface area contributed by atoms with E-state index in [9.17, 15) is 9.59 Å². The van der Waals surface area contributed by atoms with Crippen LogP contribution in [0, 0.1) is 13.8 Å². The van der Waals surface area contributed by atoms with Crippen LogP contribution >= 0.6 is 23.1 Å². The number of primary amides is 1. The predicted octanol–water partition coefficient (Wildman–Crippen LogP) is 3.39. The average molecular weight is 387 g/mol. The standard InChI is InChI=1S/C18H17N3O3S2/c1-9-13(24-3)5-4-11-16(9)18(21-10(2)20-11)25-8-12(22)14-6-7-15(26-14)17(19)23/h4-7H,8H2,1-3H3,(H2,19,23). The monoisotopic (exact) mass is 387 g/mol. The second-order valence-corrected chi connectivity index (χ2v) is 7.65. The van der Waals surface area contributed by atoms with Crippen LogP contribution in [0.15, 0.2) is 29.3 Å². The first kappa shape index (κ1) is 18.3. The van der Waals surface area contributed by atoms with Gasteiger partial charge in [-0.25, -0.2) is 9.97 Å². The van der Waals surface area contributed by atoms with E-state index in [-0.39, 0.29) is 11.5 Å². The molecule has 2 aromatic heterocycles. The van der Waals surface area contributed by atoms with E-state index in [0.29, 0.717) is 15.6 Å². The highest BCUT2D eigenvalue weighted by Crippen LogP contribution is 2.33. The van der Waals surface area contributed by atoms with Crippen LogP contribution in [0.25, 0.3) is 10.9 Å². The summed E-state index contributed by atoms with van der Waals surface area (Å²) < 4.78 is 5.38. The first-order valence-corrected chi connectivity index (χ1v) is 9.58. The zero-order chi connectivity index (χ0) is 18.8. The normalized spacial score (nSPS) is 10.9. The molecule has 0 spiro atoms. The first-order chi connectivity index (χ1) is 12.4. The number of ether oxygens (including phenoxy) is 1. The molecule has 0 fully saturated rings. The number of hydrogen-bond donors (Lipinski definition) is 1. The van der Waals surface area contributed by atoms with Crippen molar-refractivity contribution in [2.45, 2.75) is 18.9 Å². The molecule has 0 aliphatic heterocycles. The van der Waals surface area contributed by atoms with E-state index in [1.54, 1.807) is 19.2 Å². The van der Waals surface area contributed by atoms with Gasteiger partial charge in [0.15, 0.2) is 5.78 Å². The summed E-state index contributed by atoms with van der Waals surface area (Å²) in [5, 5.41) is 1.63. The molecule has 0 aliphatic rings. The molecule has 2 N–H and O–H groups in total. The lowest BCUT2D eigenvalue weighted by Crippen LogP contribution is -2.08. The van der Waals surface area contributed by atoms with Crippen LogP contribution in [0.4, 0.5) is 0 Å². The fourth-order valence-corrected chi connectivity index (χ4v) is 4.50. The third kappa shape index (κ3) is 3.56. The average Bonchev–Trinajstić information content (AvgIpc) is 3.10. The molecule has 0 bridgehead atoms. The van der Waals surface area contributed by atoms with Gasteiger partial charge in [0.05, 0.1) is 28.1 Å². The van der Waals surface area contributed by atoms with E-state index in [2.05, 4.69) is 9.97 Å². The summed E-state index contributed by atoms with van der Waals surface area (Å²) in [6.45, 7) is 3.77. The molecular formula is C18H17N3O3S2. The fraction of sp³-hybridized carbons (Fsp3) is 0.222. The van der Waals surface area contributed by atoms with Gasteiger partial charge in [-0.05, 0) is 38.1 Å². The van der Waals surface area contributed by atoms with Gasteiger partial charge >= 0.3 is 0 Å². The summed E-state index contributed by atoms with van der Waals surface area (Å²) in [4.78, 5) is 33.5. The number of thiophene rings is 1. The Hall–Kier alpha value is -2.45. The summed E-state index contributed by atoms with van der Waals surface area (Å²) in [5.74, 6) is 1.01. The number of fused-ring (bicyclic) bond motifs is 1. The molecule has 0 radical (unpaired) electrons. The van der Waals surface area contributed by atoms with Crippen LogP contribution in [0.3, 0.4) is 0 Å². The molecule has 1 aromatic carbocycles. The number of methoxy groups -OCH3 is 1. The molecule has 3 rings (SSSR count). The van der Waals surface area contributed by atoms with Crippen molar-refractivity contribution in [2.75, 3.05) is 12.9 Å². The number of amides is 1. The Labute approximate surface area is 158 Å². The summed E-state index contributed by atoms with van der Waals surface area (Å²) in [6.07, 6.45) is 0. The van der Waals surface area contributed by atoms with Crippen molar-refractivity contribution in [1.82, 2.24) is 9.97 Å². The molecule has 0 atom stereocenters. The zero-order valence-corrected chi connectivity index (χ0v) is 16.2. The summed E-state index contributed by atoms with van der Waals surface area (Å²) in [5.41, 5.74) is 7.00. The Morgan fingerprint density at radius 3 is 2.54 bits per heavy atom. The highest BCUT2D eigenvalue weighted by molar-refractivity contribution is 8.00. The molecule has 0 saturated heterocycles. The largest absolute Gasteiger partial charge is 0.496 e. The summed E-state index contributed by atoms with van der Waals surface area (Å²) in [6, 6.07) is 6.97. The lowest BCUT2D eigenvalue weighted by Gasteiger charge is -2.11. The molecule has 2 heterocycles. The lowest BCUT2D eigenvalue weighted by molar-refractivity contribution is 0.100. The van der Waals surface area contributed by atoms with Crippen molar-refractivity contribution >= 4 is 45.7 Å². The smallest absolute Gasteiger partial charge is 0.258 e. The Kier molecular flexibility index (Phi) is 5.24. The Morgan fingerprint density at radius 2 is 1.88 bits per heavy atom. The van der Waals surface area contributed by atoms with Crippen molar-refractivity contribution in [2.24, 2.45) is 5.73 Å². The Bertz CT molecular complexity index is 1010. The van der Waals surface area contributed by atoms with Crippen LogP contribution in [0.1, 0.15) is 30.7 Å². The molecule has 6 nitrogen and oxygen atoms in total. The number of Topliss-reactive ketones (excluding diaryl/α,β-unsaturated/α-hetero) is 1. The number of thioether (sulfide) groups is 1. The number of benzene rings is 1. The van der Waals surface area contributed by atoms with E-state index in [1.165, 1.54) is 11.8 Å². The molecule has 26 heavy (non-hydrogen) atoms. The quantitative estimate of drug-likeness (QED) is 0.396. The predicted molar refractivity (Wildman–Crippen MR) is 103 cm³/mol. The maximum absolute atomic E-state index is 12.5. The molecule has 8 heteroatoms. The number of aromatic nitrogens is 2. The minimum atomic E-state index is -0.526. The molecule has 0 unspecified atom stereocenters. The van der Waals surface area contributed by atoms with Crippen molar-refractivity contribution in [1.29, 1.82) is 0 Å². The van der Waals surface area contributed by atoms with Crippen molar-refractivity contribution in [3.63, 3.8) is 0 Å². The molecular weight excluding hydrogens is 370 g/mol. The topological polar surface area (TPSA) is 95.2 Å². The van der Waals surface area contributed by atoms with E-state index < -0.39 is 5.91 Å². The number of nitrogens with zero attached hydrogens (tertiary/aromatic N) is 2. The van der Waals surface area contributed by atoms with E-state index >= 15 is 0 Å². The molecule has 134 valence electrons. The molecule has 1 amide bonds. The van der Waals surface area contributed by atoms with Crippen molar-refractivity contribution in [3.05, 3.63) is 45.4 Å². The van der Waals surface area contributed by atoms with E-state index in [0.717, 1.165) is 38.6 Å². The zero-order valence-electron chi connectivity index (χ0n) is 14.5. The van der Waals surface area contributed by atoms with E-state index in [1.807, 2.05) is 26.0 Å². The lowest BCUT2D eigenvalue weighted by atomic mass is 10.1. The van der Waals surface area contributed by atoms with Crippen molar-refractivity contribution < 1.29 is 14.3 Å². The van der Waals surface area contributed by atoms with Gasteiger partial charge in [0.25, 0.3) is 5.91 Å². The Morgan fingerprint density at radius 1 is 1.15 bits per heavy atom. The van der Waals surface area contributed by atoms with Crippen LogP contribution in [-0.2, 0) is 0 Å². The molecule has 0 aliphatic carbocycles. The van der Waals surface area contributed by atoms with Crippen LogP contribution in [0.5, 0.6) is 5.75 Å². The van der Waals surface area contributed by atoms with Crippen LogP contribution in [0.2, 0.25) is 0 Å². The van der Waals surface area contributed by atoms with Crippen LogP contribution in [-0.4, -0.2) is 34.5 Å². The number of aryl methyl sites for hydroxylation is 2. The molecule has 3 aromatic rings. The highest BCUT2D eigenvalue weighted by Gasteiger charge is 2.16. The van der Waals surface area contributed by atoms with Gasteiger partial charge in [0, 0.05) is 10.9 Å². The van der Waals surface area contributed by atoms with Gasteiger partial charge in [0.1, 0.15) is 16.6 Å². The number of nitrogens with two attached hydrogens (primary N) is 1. The van der Waals surface area contributed by atoms with Gasteiger partial charge in [-0.2, -0.15) is 0 Å². The van der Waals surface area contributed by atoms with Crippen molar-refractivity contribution in [3.8, 4) is 5.75 Å². The maximum Gasteiger partial charge on any atom is 0.258 e. The van der Waals surface area contributed by atoms with E-state index in [4.69, 9.17) is 10.5 Å². The summed E-state index contributed by atoms with van der Waals surface area (Å²) >= 11 is 2.46. The maximum atomic E-state index is 12.5. The molecule has 0 saturated carbocycles. The number of carbonyl (C=O) groups is 2. The number of carbonyl (C=O) groups excluding carboxylic acids is 2. The first-order valence-electron chi connectivity index (χ1n) is 7.78. The van der Waals surface area contributed by atoms with Gasteiger partial charge in [-0.3, -0.25) is 9.59 Å². The minimum absolute atomic E-state index is 0.0718. The third-order valence-corrected chi connectivity index (χ3v) is 5.95. The number of rotatable bonds is 6. The van der Waals surface area contributed by atoms with Gasteiger partial charge < -0.3 is 10.5 Å². The van der Waals surface area contributed by atoms with Gasteiger partial charge in [-0.15, -0.1) is 11.3 Å². The third-order valence-electron chi connectivity index (χ3n) is 3.84. The highest BCUT2D eigenvalue weighted by atomic mass is 32.2. The van der Waals surface area contributed by atoms with Gasteiger partial charge in [-0.1, -0.05) is 11.8 Å². The number of ketones is 1. The fourth-order valence-electron chi connectivity index (χ4n) is 2.59. The summed E-state index contributed by atoms with van der Waals surface area (Å²) in [7, 11) is 1.62. The van der Waals surface area contributed by atoms with Gasteiger partial charge in [0.2, 0.25) is 0 Å². The minimum Gasteiger partial charge on any atom is -0.496 e. The second kappa shape index (κ2) is 7.43. The SMILES string of the molecule is COc1ccc2nc(C)nc(SCC(=O)c3ccc(C(N)=O)s3)c2c1C. The number of hydrogen-bond acceptors (Lipinski definition) is 7.